The van der Waals surface area contributed by atoms with Crippen molar-refractivity contribution in [2.45, 2.75) is 96.4 Å². The molecule has 4 nitrogen and oxygen atoms in total. The van der Waals surface area contributed by atoms with Crippen LogP contribution in [0.2, 0.25) is 0 Å². The van der Waals surface area contributed by atoms with Gasteiger partial charge in [0.15, 0.2) is 0 Å². The Kier molecular flexibility index (Phi) is 13.7. The van der Waals surface area contributed by atoms with Gasteiger partial charge in [-0.15, -0.1) is 0 Å². The van der Waals surface area contributed by atoms with Crippen molar-refractivity contribution in [2.24, 2.45) is 11.5 Å². The molecule has 5 N–H and O–H groups in total. The molecule has 27 heavy (non-hydrogen) atoms. The Hall–Kier alpha value is -1.39. The summed E-state index contributed by atoms with van der Waals surface area (Å²) in [6.45, 7) is 2.43. The second-order valence-electron chi connectivity index (χ2n) is 7.67. The molecule has 0 saturated heterocycles. The standard InChI is InChI=1S/C23H41N3O/c1-2-3-4-5-6-7-8-9-10-11-12-13-14-20-15-17-21(18-16-20)26-23(27)22(25)19-24/h15-18,22H,2-14,19,24-25H2,1H3,(H,26,27). The van der Waals surface area contributed by atoms with E-state index in [1.807, 2.05) is 12.1 Å². The van der Waals surface area contributed by atoms with Gasteiger partial charge in [0, 0.05) is 12.2 Å². The predicted molar refractivity (Wildman–Crippen MR) is 117 cm³/mol. The van der Waals surface area contributed by atoms with Crippen LogP contribution in [0.1, 0.15) is 89.5 Å². The lowest BCUT2D eigenvalue weighted by atomic mass is 10.0. The van der Waals surface area contributed by atoms with Crippen LogP contribution in [0.4, 0.5) is 5.69 Å². The van der Waals surface area contributed by atoms with Crippen molar-refractivity contribution in [2.75, 3.05) is 11.9 Å². The molecule has 0 aliphatic rings. The number of nitrogens with one attached hydrogen (secondary N) is 1. The summed E-state index contributed by atoms with van der Waals surface area (Å²) in [7, 11) is 0. The lowest BCUT2D eigenvalue weighted by Gasteiger charge is -2.10. The van der Waals surface area contributed by atoms with E-state index in [0.717, 1.165) is 12.1 Å². The number of anilines is 1. The number of hydrogen-bond acceptors (Lipinski definition) is 3. The molecular weight excluding hydrogens is 334 g/mol. The van der Waals surface area contributed by atoms with Crippen LogP contribution in [0.5, 0.6) is 0 Å². The first-order chi connectivity index (χ1) is 13.2. The molecule has 1 aromatic carbocycles. The Bertz CT molecular complexity index is 487. The van der Waals surface area contributed by atoms with Gasteiger partial charge in [-0.1, -0.05) is 89.7 Å². The van der Waals surface area contributed by atoms with E-state index >= 15 is 0 Å². The first-order valence-electron chi connectivity index (χ1n) is 11.0. The zero-order valence-electron chi connectivity index (χ0n) is 17.3. The van der Waals surface area contributed by atoms with E-state index in [2.05, 4.69) is 24.4 Å². The van der Waals surface area contributed by atoms with E-state index in [1.165, 1.54) is 82.6 Å². The van der Waals surface area contributed by atoms with Crippen LogP contribution in [0.25, 0.3) is 0 Å². The monoisotopic (exact) mass is 375 g/mol. The third-order valence-electron chi connectivity index (χ3n) is 5.13. The van der Waals surface area contributed by atoms with Crippen molar-refractivity contribution in [1.82, 2.24) is 0 Å². The lowest BCUT2D eigenvalue weighted by molar-refractivity contribution is -0.117. The maximum Gasteiger partial charge on any atom is 0.242 e. The van der Waals surface area contributed by atoms with Gasteiger partial charge in [-0.05, 0) is 30.5 Å². The SMILES string of the molecule is CCCCCCCCCCCCCCc1ccc(NC(=O)C(N)CN)cc1. The molecule has 1 rings (SSSR count). The van der Waals surface area contributed by atoms with Gasteiger partial charge in [0.05, 0.1) is 6.04 Å². The smallest absolute Gasteiger partial charge is 0.242 e. The van der Waals surface area contributed by atoms with E-state index in [-0.39, 0.29) is 12.5 Å². The summed E-state index contributed by atoms with van der Waals surface area (Å²) in [5.74, 6) is -0.230. The molecule has 0 spiro atoms. The summed E-state index contributed by atoms with van der Waals surface area (Å²) in [5, 5.41) is 2.79. The van der Waals surface area contributed by atoms with Crippen LogP contribution in [0, 0.1) is 0 Å². The van der Waals surface area contributed by atoms with E-state index in [9.17, 15) is 4.79 Å². The minimum absolute atomic E-state index is 0.156. The van der Waals surface area contributed by atoms with Crippen molar-refractivity contribution >= 4 is 11.6 Å². The molecule has 0 fully saturated rings. The molecule has 0 aliphatic carbocycles. The molecule has 154 valence electrons. The van der Waals surface area contributed by atoms with Gasteiger partial charge >= 0.3 is 0 Å². The number of benzene rings is 1. The van der Waals surface area contributed by atoms with Gasteiger partial charge in [0.2, 0.25) is 5.91 Å². The van der Waals surface area contributed by atoms with Crippen LogP contribution in [0.3, 0.4) is 0 Å². The molecule has 4 heteroatoms. The van der Waals surface area contributed by atoms with Crippen molar-refractivity contribution in [1.29, 1.82) is 0 Å². The topological polar surface area (TPSA) is 81.1 Å². The summed E-state index contributed by atoms with van der Waals surface area (Å²) < 4.78 is 0. The predicted octanol–water partition coefficient (Wildman–Crippen LogP) is 5.15. The highest BCUT2D eigenvalue weighted by Gasteiger charge is 2.10. The third-order valence-corrected chi connectivity index (χ3v) is 5.13. The first-order valence-corrected chi connectivity index (χ1v) is 11.0. The second kappa shape index (κ2) is 15.6. The summed E-state index contributed by atoms with van der Waals surface area (Å²) in [4.78, 5) is 11.7. The molecule has 0 bridgehead atoms. The fraction of sp³-hybridized carbons (Fsp3) is 0.696. The highest BCUT2D eigenvalue weighted by molar-refractivity contribution is 5.94. The number of nitrogens with two attached hydrogens (primary N) is 2. The summed E-state index contributed by atoms with van der Waals surface area (Å²) >= 11 is 0. The van der Waals surface area contributed by atoms with Crippen molar-refractivity contribution in [3.63, 3.8) is 0 Å². The number of amides is 1. The molecule has 1 aromatic rings. The number of rotatable bonds is 16. The second-order valence-corrected chi connectivity index (χ2v) is 7.67. The van der Waals surface area contributed by atoms with Crippen LogP contribution in [-0.4, -0.2) is 18.5 Å². The number of hydrogen-bond donors (Lipinski definition) is 3. The van der Waals surface area contributed by atoms with Crippen LogP contribution in [-0.2, 0) is 11.2 Å². The maximum atomic E-state index is 11.7. The van der Waals surface area contributed by atoms with Crippen molar-refractivity contribution < 1.29 is 4.79 Å². The number of aryl methyl sites for hydroxylation is 1. The molecular formula is C23H41N3O. The minimum atomic E-state index is -0.647. The molecule has 1 atom stereocenters. The Morgan fingerprint density at radius 2 is 1.33 bits per heavy atom. The molecule has 0 aliphatic heterocycles. The largest absolute Gasteiger partial charge is 0.328 e. The number of carbonyl (C=O) groups is 1. The molecule has 0 aromatic heterocycles. The van der Waals surface area contributed by atoms with Crippen LogP contribution >= 0.6 is 0 Å². The molecule has 1 amide bonds. The fourth-order valence-electron chi connectivity index (χ4n) is 3.27. The van der Waals surface area contributed by atoms with E-state index in [1.54, 1.807) is 0 Å². The highest BCUT2D eigenvalue weighted by atomic mass is 16.2. The van der Waals surface area contributed by atoms with E-state index in [4.69, 9.17) is 11.5 Å². The van der Waals surface area contributed by atoms with Gasteiger partial charge in [-0.25, -0.2) is 0 Å². The van der Waals surface area contributed by atoms with Crippen LogP contribution < -0.4 is 16.8 Å². The Labute approximate surface area is 166 Å². The quantitative estimate of drug-likeness (QED) is 0.349. The normalized spacial score (nSPS) is 12.1. The highest BCUT2D eigenvalue weighted by Crippen LogP contribution is 2.15. The minimum Gasteiger partial charge on any atom is -0.328 e. The number of carbonyl (C=O) groups excluding carboxylic acids is 1. The Balaban J connectivity index is 2.01. The average Bonchev–Trinajstić information content (AvgIpc) is 2.69. The van der Waals surface area contributed by atoms with Gasteiger partial charge in [0.1, 0.15) is 0 Å². The van der Waals surface area contributed by atoms with Gasteiger partial charge in [-0.2, -0.15) is 0 Å². The maximum absolute atomic E-state index is 11.7. The summed E-state index contributed by atoms with van der Waals surface area (Å²) in [6.07, 6.45) is 17.6. The molecule has 0 heterocycles. The summed E-state index contributed by atoms with van der Waals surface area (Å²) in [5.41, 5.74) is 13.1. The molecule has 0 radical (unpaired) electrons. The van der Waals surface area contributed by atoms with Crippen molar-refractivity contribution in [3.05, 3.63) is 29.8 Å². The van der Waals surface area contributed by atoms with E-state index in [0.29, 0.717) is 0 Å². The third kappa shape index (κ3) is 11.8. The first kappa shape index (κ1) is 23.6. The Morgan fingerprint density at radius 3 is 1.81 bits per heavy atom. The fourth-order valence-corrected chi connectivity index (χ4v) is 3.27. The van der Waals surface area contributed by atoms with E-state index < -0.39 is 6.04 Å². The average molecular weight is 376 g/mol. The zero-order chi connectivity index (χ0) is 19.7. The molecule has 0 saturated carbocycles. The van der Waals surface area contributed by atoms with Gasteiger partial charge in [0.25, 0.3) is 0 Å². The Morgan fingerprint density at radius 1 is 0.852 bits per heavy atom. The zero-order valence-corrected chi connectivity index (χ0v) is 17.3. The van der Waals surface area contributed by atoms with Crippen molar-refractivity contribution in [3.8, 4) is 0 Å². The molecule has 1 unspecified atom stereocenters. The lowest BCUT2D eigenvalue weighted by Crippen LogP contribution is -2.41. The van der Waals surface area contributed by atoms with Gasteiger partial charge < -0.3 is 16.8 Å². The van der Waals surface area contributed by atoms with Crippen LogP contribution in [0.15, 0.2) is 24.3 Å². The van der Waals surface area contributed by atoms with Gasteiger partial charge in [-0.3, -0.25) is 4.79 Å². The number of unbranched alkanes of at least 4 members (excludes halogenated alkanes) is 11. The summed E-state index contributed by atoms with van der Waals surface area (Å²) in [6, 6.07) is 7.41.